The Balaban J connectivity index is 3.37. The lowest BCUT2D eigenvalue weighted by Crippen LogP contribution is -2.34. The van der Waals surface area contributed by atoms with Crippen LogP contribution in [0.4, 0.5) is 0 Å². The third-order valence-electron chi connectivity index (χ3n) is 2.60. The van der Waals surface area contributed by atoms with Gasteiger partial charge in [0.25, 0.3) is 0 Å². The van der Waals surface area contributed by atoms with Gasteiger partial charge in [-0.05, 0) is 33.2 Å². The Morgan fingerprint density at radius 3 is 2.27 bits per heavy atom. The predicted molar refractivity (Wildman–Crippen MR) is 62.1 cm³/mol. The summed E-state index contributed by atoms with van der Waals surface area (Å²) in [6.45, 7) is 7.08. The van der Waals surface area contributed by atoms with E-state index in [9.17, 15) is 0 Å². The van der Waals surface area contributed by atoms with Crippen LogP contribution in [0.2, 0.25) is 0 Å². The first-order valence-corrected chi connectivity index (χ1v) is 5.94. The van der Waals surface area contributed by atoms with Crippen molar-refractivity contribution in [3.05, 3.63) is 0 Å². The summed E-state index contributed by atoms with van der Waals surface area (Å²) in [5.41, 5.74) is 2.16. The van der Waals surface area contributed by atoms with Crippen molar-refractivity contribution in [1.82, 2.24) is 10.4 Å². The maximum atomic E-state index is 8.88. The summed E-state index contributed by atoms with van der Waals surface area (Å²) in [7, 11) is 0. The summed E-state index contributed by atoms with van der Waals surface area (Å²) in [4.78, 5) is 2.30. The minimum Gasteiger partial charge on any atom is -0.395 e. The highest BCUT2D eigenvalue weighted by molar-refractivity contribution is 4.62. The first kappa shape index (κ1) is 14.8. The van der Waals surface area contributed by atoms with E-state index >= 15 is 0 Å². The van der Waals surface area contributed by atoms with E-state index in [-0.39, 0.29) is 6.61 Å². The summed E-state index contributed by atoms with van der Waals surface area (Å²) in [5, 5.41) is 17.2. The van der Waals surface area contributed by atoms with Crippen molar-refractivity contribution in [1.29, 1.82) is 0 Å². The number of nitrogens with zero attached hydrogens (tertiary/aromatic N) is 1. The molecule has 0 atom stereocenters. The van der Waals surface area contributed by atoms with Crippen molar-refractivity contribution in [3.8, 4) is 0 Å². The predicted octanol–water partition coefficient (Wildman–Crippen LogP) is 1.23. The van der Waals surface area contributed by atoms with E-state index in [2.05, 4.69) is 24.2 Å². The highest BCUT2D eigenvalue weighted by Crippen LogP contribution is 2.04. The van der Waals surface area contributed by atoms with Gasteiger partial charge in [0.05, 0.1) is 6.61 Å². The lowest BCUT2D eigenvalue weighted by atomic mass is 10.1. The first-order chi connectivity index (χ1) is 7.22. The molecule has 0 radical (unpaired) electrons. The molecule has 4 nitrogen and oxygen atoms in total. The van der Waals surface area contributed by atoms with Gasteiger partial charge in [0.1, 0.15) is 0 Å². The van der Waals surface area contributed by atoms with Crippen LogP contribution in [-0.2, 0) is 0 Å². The van der Waals surface area contributed by atoms with Gasteiger partial charge in [-0.1, -0.05) is 12.8 Å². The number of nitrogens with one attached hydrogen (secondary N) is 1. The van der Waals surface area contributed by atoms with Crippen molar-refractivity contribution in [3.63, 3.8) is 0 Å². The fourth-order valence-electron chi connectivity index (χ4n) is 1.63. The van der Waals surface area contributed by atoms with Gasteiger partial charge < -0.3 is 10.3 Å². The topological polar surface area (TPSA) is 55.7 Å². The van der Waals surface area contributed by atoms with Crippen molar-refractivity contribution >= 4 is 0 Å². The fraction of sp³-hybridized carbons (Fsp3) is 1.00. The average Bonchev–Trinajstić information content (AvgIpc) is 2.21. The van der Waals surface area contributed by atoms with Gasteiger partial charge in [0.15, 0.2) is 0 Å². The molecule has 0 heterocycles. The van der Waals surface area contributed by atoms with E-state index < -0.39 is 0 Å². The number of rotatable bonds is 10. The first-order valence-electron chi connectivity index (χ1n) is 5.94. The molecule has 4 heteroatoms. The van der Waals surface area contributed by atoms with Crippen LogP contribution in [0.1, 0.15) is 39.5 Å². The molecular formula is C11H26N2O2. The maximum Gasteiger partial charge on any atom is 0.0558 e. The van der Waals surface area contributed by atoms with Crippen LogP contribution in [0.25, 0.3) is 0 Å². The van der Waals surface area contributed by atoms with Crippen LogP contribution in [0.15, 0.2) is 0 Å². The molecule has 92 valence electrons. The molecule has 0 aromatic heterocycles. The molecule has 0 unspecified atom stereocenters. The highest BCUT2D eigenvalue weighted by Gasteiger charge is 2.07. The minimum atomic E-state index is 0.243. The number of hydrogen-bond donors (Lipinski definition) is 3. The maximum absolute atomic E-state index is 8.88. The van der Waals surface area contributed by atoms with Crippen molar-refractivity contribution < 1.29 is 10.3 Å². The Morgan fingerprint density at radius 1 is 1.07 bits per heavy atom. The van der Waals surface area contributed by atoms with E-state index in [4.69, 9.17) is 10.3 Å². The van der Waals surface area contributed by atoms with Crippen molar-refractivity contribution in [2.45, 2.75) is 45.6 Å². The molecule has 0 aliphatic rings. The number of hydroxylamine groups is 1. The Hall–Kier alpha value is -0.160. The third-order valence-corrected chi connectivity index (χ3v) is 2.60. The monoisotopic (exact) mass is 218 g/mol. The summed E-state index contributed by atoms with van der Waals surface area (Å²) < 4.78 is 0. The number of hydrogen-bond acceptors (Lipinski definition) is 4. The fourth-order valence-corrected chi connectivity index (χ4v) is 1.63. The van der Waals surface area contributed by atoms with Crippen molar-refractivity contribution in [2.75, 3.05) is 26.2 Å². The molecule has 0 bridgehead atoms. The largest absolute Gasteiger partial charge is 0.395 e. The van der Waals surface area contributed by atoms with E-state index in [1.807, 2.05) is 0 Å². The van der Waals surface area contributed by atoms with Gasteiger partial charge in [-0.15, -0.1) is 0 Å². The summed E-state index contributed by atoms with van der Waals surface area (Å²) in [6.07, 6.45) is 4.54. The smallest absolute Gasteiger partial charge is 0.0558 e. The van der Waals surface area contributed by atoms with Gasteiger partial charge >= 0.3 is 0 Å². The van der Waals surface area contributed by atoms with Gasteiger partial charge in [0.2, 0.25) is 0 Å². The van der Waals surface area contributed by atoms with Gasteiger partial charge in [0, 0.05) is 19.1 Å². The SMILES string of the molecule is CC(C)N(CCO)CCCCCCNO. The summed E-state index contributed by atoms with van der Waals surface area (Å²) >= 11 is 0. The quantitative estimate of drug-likeness (QED) is 0.381. The standard InChI is InChI=1S/C11H26N2O2/c1-11(2)13(9-10-14)8-6-4-3-5-7-12-15/h11-12,14-15H,3-10H2,1-2H3. The second kappa shape index (κ2) is 10.4. The normalized spacial score (nSPS) is 11.6. The van der Waals surface area contributed by atoms with E-state index in [1.54, 1.807) is 0 Å². The minimum absolute atomic E-state index is 0.243. The number of aliphatic hydroxyl groups excluding tert-OH is 1. The van der Waals surface area contributed by atoms with Crippen molar-refractivity contribution in [2.24, 2.45) is 0 Å². The lowest BCUT2D eigenvalue weighted by molar-refractivity contribution is 0.159. The molecule has 0 saturated carbocycles. The molecule has 15 heavy (non-hydrogen) atoms. The molecule has 0 rings (SSSR count). The zero-order valence-electron chi connectivity index (χ0n) is 10.1. The highest BCUT2D eigenvalue weighted by atomic mass is 16.5. The van der Waals surface area contributed by atoms with Gasteiger partial charge in [-0.3, -0.25) is 4.90 Å². The number of aliphatic hydroxyl groups is 1. The van der Waals surface area contributed by atoms with Crippen LogP contribution in [0, 0.1) is 0 Å². The van der Waals surface area contributed by atoms with Crippen LogP contribution in [0.5, 0.6) is 0 Å². The van der Waals surface area contributed by atoms with Crippen LogP contribution >= 0.6 is 0 Å². The Bertz CT molecular complexity index is 132. The molecule has 0 aromatic carbocycles. The van der Waals surface area contributed by atoms with E-state index in [0.717, 1.165) is 25.9 Å². The van der Waals surface area contributed by atoms with E-state index in [0.29, 0.717) is 12.6 Å². The molecule has 0 aliphatic carbocycles. The average molecular weight is 218 g/mol. The van der Waals surface area contributed by atoms with Crippen LogP contribution < -0.4 is 5.48 Å². The molecule has 0 aromatic rings. The van der Waals surface area contributed by atoms with Crippen LogP contribution in [0.3, 0.4) is 0 Å². The molecule has 0 spiro atoms. The Labute approximate surface area is 93.2 Å². The molecule has 3 N–H and O–H groups in total. The third kappa shape index (κ3) is 8.81. The van der Waals surface area contributed by atoms with E-state index in [1.165, 1.54) is 12.8 Å². The molecule has 0 saturated heterocycles. The Morgan fingerprint density at radius 2 is 1.73 bits per heavy atom. The summed E-state index contributed by atoms with van der Waals surface area (Å²) in [5.74, 6) is 0. The Kier molecular flexibility index (Phi) is 10.3. The van der Waals surface area contributed by atoms with Gasteiger partial charge in [-0.25, -0.2) is 5.48 Å². The summed E-state index contributed by atoms with van der Waals surface area (Å²) in [6, 6.07) is 0.510. The second-order valence-corrected chi connectivity index (χ2v) is 4.18. The molecule has 0 fully saturated rings. The molecular weight excluding hydrogens is 192 g/mol. The van der Waals surface area contributed by atoms with Gasteiger partial charge in [-0.2, -0.15) is 0 Å². The lowest BCUT2D eigenvalue weighted by Gasteiger charge is -2.25. The van der Waals surface area contributed by atoms with Crippen LogP contribution in [-0.4, -0.2) is 47.5 Å². The number of unbranched alkanes of at least 4 members (excludes halogenated alkanes) is 3. The second-order valence-electron chi connectivity index (χ2n) is 4.18. The molecule has 0 amide bonds. The zero-order chi connectivity index (χ0) is 11.5. The zero-order valence-corrected chi connectivity index (χ0v) is 10.1. The molecule has 0 aliphatic heterocycles.